The fourth-order valence-corrected chi connectivity index (χ4v) is 4.33. The van der Waals surface area contributed by atoms with Crippen molar-refractivity contribution in [2.24, 2.45) is 0 Å². The Balaban J connectivity index is 1.50. The Bertz CT molecular complexity index is 1040. The molecule has 0 bridgehead atoms. The Morgan fingerprint density at radius 2 is 1.81 bits per heavy atom. The number of carbonyl (C=O) groups excluding carboxylic acids is 1. The number of rotatable bonds is 8. The van der Waals surface area contributed by atoms with Crippen molar-refractivity contribution >= 4 is 22.5 Å². The molecule has 1 aromatic heterocycles. The van der Waals surface area contributed by atoms with Gasteiger partial charge in [-0.3, -0.25) is 4.79 Å². The molecule has 1 N–H and O–H groups in total. The number of hydrogen-bond acceptors (Lipinski definition) is 4. The van der Waals surface area contributed by atoms with Crippen molar-refractivity contribution < 1.29 is 4.79 Å². The largest absolute Gasteiger partial charge is 0.384 e. The number of benzene rings is 2. The predicted molar refractivity (Wildman–Crippen MR) is 133 cm³/mol. The van der Waals surface area contributed by atoms with Crippen molar-refractivity contribution in [1.82, 2.24) is 14.8 Å². The maximum absolute atomic E-state index is 12.4. The molecular formula is C27H34N4O. The zero-order chi connectivity index (χ0) is 22.3. The molecule has 4 rings (SSSR count). The number of fused-ring (bicyclic) bond motifs is 1. The molecule has 0 atom stereocenters. The van der Waals surface area contributed by atoms with Gasteiger partial charge in [0.2, 0.25) is 0 Å². The first-order valence-electron chi connectivity index (χ1n) is 11.9. The highest BCUT2D eigenvalue weighted by atomic mass is 16.2. The standard InChI is InChI=1S/C27H34N4O/c1-3-30(2)27(32)22-14-12-21(13-15-22)25-20-26(23-10-5-6-11-24(23)29-25)28-16-9-19-31-17-7-4-8-18-31/h5-6,10-15,20H,3-4,7-9,16-19H2,1-2H3,(H,28,29). The van der Waals surface area contributed by atoms with E-state index in [1.807, 2.05) is 44.3 Å². The minimum Gasteiger partial charge on any atom is -0.384 e. The van der Waals surface area contributed by atoms with Crippen LogP contribution in [0, 0.1) is 0 Å². The summed E-state index contributed by atoms with van der Waals surface area (Å²) in [6.45, 7) is 7.26. The lowest BCUT2D eigenvalue weighted by Crippen LogP contribution is -2.31. The molecule has 2 heterocycles. The number of anilines is 1. The normalized spacial score (nSPS) is 14.4. The van der Waals surface area contributed by atoms with Gasteiger partial charge >= 0.3 is 0 Å². The third-order valence-electron chi connectivity index (χ3n) is 6.38. The third kappa shape index (κ3) is 5.28. The summed E-state index contributed by atoms with van der Waals surface area (Å²) in [5.41, 5.74) is 4.74. The highest BCUT2D eigenvalue weighted by molar-refractivity contribution is 5.95. The molecule has 5 nitrogen and oxygen atoms in total. The minimum absolute atomic E-state index is 0.0431. The Labute approximate surface area is 191 Å². The zero-order valence-electron chi connectivity index (χ0n) is 19.3. The average molecular weight is 431 g/mol. The van der Waals surface area contributed by atoms with E-state index < -0.39 is 0 Å². The number of likely N-dealkylation sites (tertiary alicyclic amines) is 1. The van der Waals surface area contributed by atoms with E-state index in [0.29, 0.717) is 12.1 Å². The molecule has 1 amide bonds. The molecule has 1 aliphatic rings. The molecule has 0 aliphatic carbocycles. The molecule has 5 heteroatoms. The monoisotopic (exact) mass is 430 g/mol. The van der Waals surface area contributed by atoms with Gasteiger partial charge in [0.1, 0.15) is 0 Å². The van der Waals surface area contributed by atoms with E-state index in [1.54, 1.807) is 4.90 Å². The second-order valence-corrected chi connectivity index (χ2v) is 8.65. The molecule has 1 aliphatic heterocycles. The van der Waals surface area contributed by atoms with E-state index in [2.05, 4.69) is 34.5 Å². The van der Waals surface area contributed by atoms with Gasteiger partial charge in [-0.15, -0.1) is 0 Å². The van der Waals surface area contributed by atoms with Crippen LogP contribution in [0.1, 0.15) is 43.0 Å². The van der Waals surface area contributed by atoms with Crippen LogP contribution < -0.4 is 5.32 Å². The Kier molecular flexibility index (Phi) is 7.38. The molecule has 3 aromatic rings. The lowest BCUT2D eigenvalue weighted by Gasteiger charge is -2.26. The van der Waals surface area contributed by atoms with E-state index in [0.717, 1.165) is 47.4 Å². The molecule has 168 valence electrons. The maximum atomic E-state index is 12.4. The summed E-state index contributed by atoms with van der Waals surface area (Å²) in [6, 6.07) is 18.2. The van der Waals surface area contributed by atoms with E-state index in [-0.39, 0.29) is 5.91 Å². The van der Waals surface area contributed by atoms with Gasteiger partial charge in [0, 0.05) is 42.3 Å². The van der Waals surface area contributed by atoms with Gasteiger partial charge < -0.3 is 15.1 Å². The van der Waals surface area contributed by atoms with E-state index >= 15 is 0 Å². The number of piperidine rings is 1. The topological polar surface area (TPSA) is 48.5 Å². The molecule has 1 fully saturated rings. The quantitative estimate of drug-likeness (QED) is 0.494. The van der Waals surface area contributed by atoms with E-state index in [9.17, 15) is 4.79 Å². The first-order valence-corrected chi connectivity index (χ1v) is 11.9. The van der Waals surface area contributed by atoms with Crippen molar-refractivity contribution in [2.75, 3.05) is 45.1 Å². The first-order chi connectivity index (χ1) is 15.7. The van der Waals surface area contributed by atoms with Crippen LogP contribution in [0.25, 0.3) is 22.2 Å². The molecule has 0 radical (unpaired) electrons. The summed E-state index contributed by atoms with van der Waals surface area (Å²) < 4.78 is 0. The number of hydrogen-bond donors (Lipinski definition) is 1. The second-order valence-electron chi connectivity index (χ2n) is 8.65. The van der Waals surface area contributed by atoms with E-state index in [1.165, 1.54) is 32.4 Å². The van der Waals surface area contributed by atoms with Gasteiger partial charge in [-0.05, 0) is 70.1 Å². The van der Waals surface area contributed by atoms with Crippen LogP contribution in [-0.2, 0) is 0 Å². The average Bonchev–Trinajstić information content (AvgIpc) is 2.86. The van der Waals surface area contributed by atoms with Gasteiger partial charge in [-0.25, -0.2) is 4.98 Å². The minimum atomic E-state index is 0.0431. The summed E-state index contributed by atoms with van der Waals surface area (Å²) in [7, 11) is 1.82. The number of aromatic nitrogens is 1. The number of amides is 1. The number of carbonyl (C=O) groups is 1. The lowest BCUT2D eigenvalue weighted by molar-refractivity contribution is 0.0802. The predicted octanol–water partition coefficient (Wildman–Crippen LogP) is 5.28. The molecule has 0 spiro atoms. The lowest BCUT2D eigenvalue weighted by atomic mass is 10.1. The number of para-hydroxylation sites is 1. The molecule has 32 heavy (non-hydrogen) atoms. The second kappa shape index (κ2) is 10.6. The Morgan fingerprint density at radius 3 is 2.56 bits per heavy atom. The molecule has 1 saturated heterocycles. The highest BCUT2D eigenvalue weighted by Crippen LogP contribution is 2.28. The van der Waals surface area contributed by atoms with Crippen molar-refractivity contribution in [3.8, 4) is 11.3 Å². The SMILES string of the molecule is CCN(C)C(=O)c1ccc(-c2cc(NCCCN3CCCCC3)c3ccccc3n2)cc1. The molecule has 0 saturated carbocycles. The summed E-state index contributed by atoms with van der Waals surface area (Å²) >= 11 is 0. The third-order valence-corrected chi connectivity index (χ3v) is 6.38. The van der Waals surface area contributed by atoms with Gasteiger partial charge in [-0.1, -0.05) is 36.8 Å². The fraction of sp³-hybridized carbons (Fsp3) is 0.407. The summed E-state index contributed by atoms with van der Waals surface area (Å²) in [6.07, 6.45) is 5.19. The smallest absolute Gasteiger partial charge is 0.253 e. The van der Waals surface area contributed by atoms with Crippen LogP contribution in [-0.4, -0.2) is 60.5 Å². The van der Waals surface area contributed by atoms with Crippen LogP contribution in [0.4, 0.5) is 5.69 Å². The van der Waals surface area contributed by atoms with Crippen molar-refractivity contribution in [3.63, 3.8) is 0 Å². The maximum Gasteiger partial charge on any atom is 0.253 e. The van der Waals surface area contributed by atoms with Gasteiger partial charge in [-0.2, -0.15) is 0 Å². The summed E-state index contributed by atoms with van der Waals surface area (Å²) in [4.78, 5) is 21.6. The number of pyridine rings is 1. The molecule has 2 aromatic carbocycles. The van der Waals surface area contributed by atoms with Crippen LogP contribution >= 0.6 is 0 Å². The van der Waals surface area contributed by atoms with Gasteiger partial charge in [0.25, 0.3) is 5.91 Å². The first kappa shape index (κ1) is 22.3. The van der Waals surface area contributed by atoms with Crippen LogP contribution in [0.3, 0.4) is 0 Å². The number of nitrogens with one attached hydrogen (secondary N) is 1. The van der Waals surface area contributed by atoms with Crippen LogP contribution in [0.5, 0.6) is 0 Å². The summed E-state index contributed by atoms with van der Waals surface area (Å²) in [5.74, 6) is 0.0431. The fourth-order valence-electron chi connectivity index (χ4n) is 4.33. The highest BCUT2D eigenvalue weighted by Gasteiger charge is 2.12. The summed E-state index contributed by atoms with van der Waals surface area (Å²) in [5, 5.41) is 4.81. The van der Waals surface area contributed by atoms with Crippen molar-refractivity contribution in [3.05, 3.63) is 60.2 Å². The van der Waals surface area contributed by atoms with Gasteiger partial charge in [0.05, 0.1) is 11.2 Å². The van der Waals surface area contributed by atoms with E-state index in [4.69, 9.17) is 4.98 Å². The van der Waals surface area contributed by atoms with Crippen molar-refractivity contribution in [2.45, 2.75) is 32.6 Å². The molecule has 0 unspecified atom stereocenters. The molecular weight excluding hydrogens is 396 g/mol. The van der Waals surface area contributed by atoms with Gasteiger partial charge in [0.15, 0.2) is 0 Å². The Hall–Kier alpha value is -2.92. The van der Waals surface area contributed by atoms with Crippen LogP contribution in [0.15, 0.2) is 54.6 Å². The van der Waals surface area contributed by atoms with Crippen molar-refractivity contribution in [1.29, 1.82) is 0 Å². The van der Waals surface area contributed by atoms with Crippen LogP contribution in [0.2, 0.25) is 0 Å². The zero-order valence-corrected chi connectivity index (χ0v) is 19.3. The Morgan fingerprint density at radius 1 is 1.06 bits per heavy atom. The number of nitrogens with zero attached hydrogens (tertiary/aromatic N) is 3.